The van der Waals surface area contributed by atoms with Crippen molar-refractivity contribution >= 4 is 17.3 Å². The van der Waals surface area contributed by atoms with Gasteiger partial charge >= 0.3 is 0 Å². The molecule has 0 spiro atoms. The molecule has 0 aliphatic heterocycles. The fourth-order valence-electron chi connectivity index (χ4n) is 1.66. The summed E-state index contributed by atoms with van der Waals surface area (Å²) in [5.41, 5.74) is 2.25. The fourth-order valence-corrected chi connectivity index (χ4v) is 1.66. The molecule has 0 bridgehead atoms. The Labute approximate surface area is 112 Å². The zero-order valence-electron chi connectivity index (χ0n) is 11.2. The number of nitrogens with zero attached hydrogens (tertiary/aromatic N) is 5. The van der Waals surface area contributed by atoms with Crippen molar-refractivity contribution in [1.29, 1.82) is 5.26 Å². The molecule has 0 saturated heterocycles. The van der Waals surface area contributed by atoms with E-state index in [9.17, 15) is 0 Å². The van der Waals surface area contributed by atoms with Gasteiger partial charge in [-0.1, -0.05) is 17.7 Å². The van der Waals surface area contributed by atoms with Crippen molar-refractivity contribution in [2.75, 3.05) is 23.9 Å². The summed E-state index contributed by atoms with van der Waals surface area (Å²) in [5.74, 6) is 1.32. The molecule has 1 heterocycles. The van der Waals surface area contributed by atoms with Gasteiger partial charge in [0.05, 0.1) is 0 Å². The van der Waals surface area contributed by atoms with Gasteiger partial charge in [0.1, 0.15) is 18.0 Å². The van der Waals surface area contributed by atoms with Gasteiger partial charge in [-0.25, -0.2) is 9.97 Å². The second-order valence-corrected chi connectivity index (χ2v) is 4.29. The van der Waals surface area contributed by atoms with Crippen LogP contribution in [-0.2, 0) is 0 Å². The maximum absolute atomic E-state index is 8.87. The van der Waals surface area contributed by atoms with Gasteiger partial charge in [0, 0.05) is 25.8 Å². The van der Waals surface area contributed by atoms with E-state index in [2.05, 4.69) is 29.0 Å². The first kappa shape index (κ1) is 12.8. The van der Waals surface area contributed by atoms with E-state index in [1.54, 1.807) is 13.1 Å². The van der Waals surface area contributed by atoms with Crippen LogP contribution in [0.15, 0.2) is 36.7 Å². The molecular weight excluding hydrogens is 238 g/mol. The molecule has 96 valence electrons. The molecule has 0 fully saturated rings. The van der Waals surface area contributed by atoms with Gasteiger partial charge in [-0.2, -0.15) is 5.26 Å². The van der Waals surface area contributed by atoms with Gasteiger partial charge in [0.2, 0.25) is 0 Å². The molecule has 2 rings (SSSR count). The maximum Gasteiger partial charge on any atom is 0.185 e. The Morgan fingerprint density at radius 1 is 1.05 bits per heavy atom. The van der Waals surface area contributed by atoms with Crippen LogP contribution in [0.25, 0.3) is 0 Å². The molecule has 19 heavy (non-hydrogen) atoms. The van der Waals surface area contributed by atoms with Crippen molar-refractivity contribution in [1.82, 2.24) is 9.97 Å². The molecule has 0 aliphatic rings. The quantitative estimate of drug-likeness (QED) is 0.621. The Balaban J connectivity index is 2.31. The third kappa shape index (κ3) is 2.80. The monoisotopic (exact) mass is 253 g/mol. The summed E-state index contributed by atoms with van der Waals surface area (Å²) >= 11 is 0. The average Bonchev–Trinajstić information content (AvgIpc) is 2.46. The number of hydrogen-bond donors (Lipinski definition) is 0. The molecule has 5 heteroatoms. The summed E-state index contributed by atoms with van der Waals surface area (Å²) < 4.78 is 0. The van der Waals surface area contributed by atoms with Crippen LogP contribution < -0.4 is 9.80 Å². The van der Waals surface area contributed by atoms with Crippen molar-refractivity contribution in [3.63, 3.8) is 0 Å². The molecule has 5 nitrogen and oxygen atoms in total. The lowest BCUT2D eigenvalue weighted by atomic mass is 10.2. The first-order valence-electron chi connectivity index (χ1n) is 5.87. The van der Waals surface area contributed by atoms with Crippen LogP contribution in [0.4, 0.5) is 17.3 Å². The number of anilines is 3. The molecule has 0 radical (unpaired) electrons. The summed E-state index contributed by atoms with van der Waals surface area (Å²) in [5, 5.41) is 8.87. The van der Waals surface area contributed by atoms with Crippen molar-refractivity contribution in [3.05, 3.63) is 42.2 Å². The number of aryl methyl sites for hydroxylation is 1. The molecule has 0 atom stereocenters. The van der Waals surface area contributed by atoms with E-state index in [1.807, 2.05) is 30.3 Å². The maximum atomic E-state index is 8.87. The number of hydrogen-bond acceptors (Lipinski definition) is 5. The molecule has 2 aromatic rings. The van der Waals surface area contributed by atoms with Gasteiger partial charge in [0.25, 0.3) is 0 Å². The van der Waals surface area contributed by atoms with Crippen LogP contribution in [0.3, 0.4) is 0 Å². The van der Waals surface area contributed by atoms with Gasteiger partial charge in [-0.05, 0) is 19.1 Å². The Bertz CT molecular complexity index is 600. The smallest absolute Gasteiger partial charge is 0.185 e. The van der Waals surface area contributed by atoms with Gasteiger partial charge in [-0.15, -0.1) is 0 Å². The zero-order chi connectivity index (χ0) is 13.8. The lowest BCUT2D eigenvalue weighted by molar-refractivity contribution is 1.04. The van der Waals surface area contributed by atoms with Gasteiger partial charge in [0.15, 0.2) is 6.19 Å². The summed E-state index contributed by atoms with van der Waals surface area (Å²) in [6, 6.07) is 9.95. The van der Waals surface area contributed by atoms with Crippen LogP contribution in [-0.4, -0.2) is 24.1 Å². The number of benzene rings is 1. The summed E-state index contributed by atoms with van der Waals surface area (Å²) in [6.07, 6.45) is 3.48. The highest BCUT2D eigenvalue weighted by Crippen LogP contribution is 2.23. The Morgan fingerprint density at radius 2 is 1.68 bits per heavy atom. The molecule has 0 aliphatic carbocycles. The Morgan fingerprint density at radius 3 is 2.32 bits per heavy atom. The molecule has 0 unspecified atom stereocenters. The van der Waals surface area contributed by atoms with E-state index >= 15 is 0 Å². The summed E-state index contributed by atoms with van der Waals surface area (Å²) in [6.45, 7) is 2.05. The van der Waals surface area contributed by atoms with E-state index in [1.165, 1.54) is 16.8 Å². The summed E-state index contributed by atoms with van der Waals surface area (Å²) in [7, 11) is 3.60. The van der Waals surface area contributed by atoms with Crippen LogP contribution in [0.5, 0.6) is 0 Å². The number of rotatable bonds is 3. The van der Waals surface area contributed by atoms with E-state index < -0.39 is 0 Å². The van der Waals surface area contributed by atoms with Crippen molar-refractivity contribution in [2.24, 2.45) is 0 Å². The fraction of sp³-hybridized carbons (Fsp3) is 0.214. The van der Waals surface area contributed by atoms with E-state index in [0.29, 0.717) is 5.82 Å². The molecule has 0 amide bonds. The van der Waals surface area contributed by atoms with Crippen LogP contribution >= 0.6 is 0 Å². The normalized spacial score (nSPS) is 9.79. The van der Waals surface area contributed by atoms with E-state index in [0.717, 1.165) is 11.5 Å². The Hall–Kier alpha value is -2.61. The minimum absolute atomic E-state index is 0.575. The second kappa shape index (κ2) is 5.36. The zero-order valence-corrected chi connectivity index (χ0v) is 11.2. The predicted octanol–water partition coefficient (Wildman–Crippen LogP) is 2.47. The minimum Gasteiger partial charge on any atom is -0.329 e. The lowest BCUT2D eigenvalue weighted by Crippen LogP contribution is -2.14. The van der Waals surface area contributed by atoms with Crippen molar-refractivity contribution in [3.8, 4) is 6.19 Å². The Kier molecular flexibility index (Phi) is 3.62. The minimum atomic E-state index is 0.575. The first-order chi connectivity index (χ1) is 9.11. The molecule has 0 saturated carbocycles. The summed E-state index contributed by atoms with van der Waals surface area (Å²) in [4.78, 5) is 11.7. The van der Waals surface area contributed by atoms with E-state index in [-0.39, 0.29) is 0 Å². The van der Waals surface area contributed by atoms with Crippen molar-refractivity contribution < 1.29 is 0 Å². The standard InChI is InChI=1S/C14H15N5/c1-11-4-6-12(7-5-11)19(3)14-8-13(16-10-17-14)18(2)9-15/h4-8,10H,1-3H3. The van der Waals surface area contributed by atoms with Crippen LogP contribution in [0.1, 0.15) is 5.56 Å². The van der Waals surface area contributed by atoms with Crippen molar-refractivity contribution in [2.45, 2.75) is 6.92 Å². The third-order valence-electron chi connectivity index (χ3n) is 2.90. The topological polar surface area (TPSA) is 56.0 Å². The highest BCUT2D eigenvalue weighted by Gasteiger charge is 2.08. The van der Waals surface area contributed by atoms with Crippen LogP contribution in [0.2, 0.25) is 0 Å². The number of nitriles is 1. The van der Waals surface area contributed by atoms with Crippen LogP contribution in [0, 0.1) is 18.4 Å². The van der Waals surface area contributed by atoms with Gasteiger partial charge < -0.3 is 4.90 Å². The number of aromatic nitrogens is 2. The molecular formula is C14H15N5. The SMILES string of the molecule is Cc1ccc(N(C)c2cc(N(C)C#N)ncn2)cc1. The van der Waals surface area contributed by atoms with Gasteiger partial charge in [-0.3, -0.25) is 4.90 Å². The molecule has 0 N–H and O–H groups in total. The highest BCUT2D eigenvalue weighted by atomic mass is 15.2. The lowest BCUT2D eigenvalue weighted by Gasteiger charge is -2.19. The highest BCUT2D eigenvalue weighted by molar-refractivity contribution is 5.62. The second-order valence-electron chi connectivity index (χ2n) is 4.29. The molecule has 1 aromatic carbocycles. The third-order valence-corrected chi connectivity index (χ3v) is 2.90. The first-order valence-corrected chi connectivity index (χ1v) is 5.87. The molecule has 1 aromatic heterocycles. The van der Waals surface area contributed by atoms with E-state index in [4.69, 9.17) is 5.26 Å². The largest absolute Gasteiger partial charge is 0.329 e. The predicted molar refractivity (Wildman–Crippen MR) is 75.3 cm³/mol. The average molecular weight is 253 g/mol.